The molecule has 7 nitrogen and oxygen atoms in total. The maximum absolute atomic E-state index is 11.7. The zero-order valence-corrected chi connectivity index (χ0v) is 11.9. The third kappa shape index (κ3) is 4.34. The van der Waals surface area contributed by atoms with E-state index < -0.39 is 24.0 Å². The fourth-order valence-corrected chi connectivity index (χ4v) is 3.58. The molecule has 21 heavy (non-hydrogen) atoms. The zero-order valence-electron chi connectivity index (χ0n) is 11.9. The van der Waals surface area contributed by atoms with E-state index in [9.17, 15) is 14.4 Å². The van der Waals surface area contributed by atoms with Crippen molar-refractivity contribution in [1.29, 1.82) is 0 Å². The highest BCUT2D eigenvalue weighted by Gasteiger charge is 2.39. The number of carboxylic acids is 2. The number of urea groups is 1. The molecule has 0 spiro atoms. The van der Waals surface area contributed by atoms with Crippen LogP contribution >= 0.6 is 0 Å². The van der Waals surface area contributed by atoms with Crippen LogP contribution in [0.1, 0.15) is 38.5 Å². The van der Waals surface area contributed by atoms with Crippen LogP contribution in [0.25, 0.3) is 0 Å². The van der Waals surface area contributed by atoms with Gasteiger partial charge in [0.05, 0.1) is 0 Å². The molecule has 2 rings (SSSR count). The summed E-state index contributed by atoms with van der Waals surface area (Å²) in [7, 11) is 0. The molecule has 2 bridgehead atoms. The number of fused-ring (bicyclic) bond motifs is 2. The summed E-state index contributed by atoms with van der Waals surface area (Å²) in [5.41, 5.74) is 0. The van der Waals surface area contributed by atoms with Crippen molar-refractivity contribution in [3.05, 3.63) is 0 Å². The van der Waals surface area contributed by atoms with Crippen molar-refractivity contribution in [3.63, 3.8) is 0 Å². The van der Waals surface area contributed by atoms with Crippen molar-refractivity contribution >= 4 is 18.0 Å². The minimum absolute atomic E-state index is 0.119. The van der Waals surface area contributed by atoms with Gasteiger partial charge >= 0.3 is 18.0 Å². The first kappa shape index (κ1) is 15.6. The minimum Gasteiger partial charge on any atom is -0.481 e. The molecule has 0 aromatic heterocycles. The van der Waals surface area contributed by atoms with Crippen molar-refractivity contribution in [3.8, 4) is 0 Å². The van der Waals surface area contributed by atoms with Crippen molar-refractivity contribution in [2.75, 3.05) is 6.54 Å². The quantitative estimate of drug-likeness (QED) is 0.560. The maximum Gasteiger partial charge on any atom is 0.326 e. The SMILES string of the molecule is O=C(O)CC[C@H](NC(=O)NCC1CC2CCC1C2)C(=O)O. The number of hydrogen-bond donors (Lipinski definition) is 4. The monoisotopic (exact) mass is 298 g/mol. The van der Waals surface area contributed by atoms with E-state index in [4.69, 9.17) is 10.2 Å². The first-order valence-electron chi connectivity index (χ1n) is 7.44. The van der Waals surface area contributed by atoms with E-state index in [0.29, 0.717) is 18.4 Å². The fraction of sp³-hybridized carbons (Fsp3) is 0.786. The largest absolute Gasteiger partial charge is 0.481 e. The summed E-state index contributed by atoms with van der Waals surface area (Å²) in [6.07, 6.45) is 4.52. The molecule has 118 valence electrons. The Balaban J connectivity index is 1.71. The highest BCUT2D eigenvalue weighted by Crippen LogP contribution is 2.47. The van der Waals surface area contributed by atoms with Crippen LogP contribution < -0.4 is 10.6 Å². The van der Waals surface area contributed by atoms with Gasteiger partial charge in [-0.25, -0.2) is 9.59 Å². The van der Waals surface area contributed by atoms with Crippen LogP contribution in [0.3, 0.4) is 0 Å². The number of carboxylic acid groups (broad SMARTS) is 2. The smallest absolute Gasteiger partial charge is 0.326 e. The predicted molar refractivity (Wildman–Crippen MR) is 73.8 cm³/mol. The summed E-state index contributed by atoms with van der Waals surface area (Å²) >= 11 is 0. The lowest BCUT2D eigenvalue weighted by Crippen LogP contribution is -2.47. The number of rotatable bonds is 7. The van der Waals surface area contributed by atoms with E-state index in [1.165, 1.54) is 19.3 Å². The van der Waals surface area contributed by atoms with Gasteiger partial charge in [0.15, 0.2) is 0 Å². The second-order valence-corrected chi connectivity index (χ2v) is 6.11. The number of carbonyl (C=O) groups is 3. The van der Waals surface area contributed by atoms with E-state index in [1.54, 1.807) is 0 Å². The summed E-state index contributed by atoms with van der Waals surface area (Å²) in [5.74, 6) is -0.307. The van der Waals surface area contributed by atoms with Gasteiger partial charge in [0.2, 0.25) is 0 Å². The zero-order chi connectivity index (χ0) is 15.4. The van der Waals surface area contributed by atoms with E-state index in [0.717, 1.165) is 12.3 Å². The average molecular weight is 298 g/mol. The lowest BCUT2D eigenvalue weighted by Gasteiger charge is -2.22. The Morgan fingerprint density at radius 1 is 1.14 bits per heavy atom. The number of aliphatic carboxylic acids is 2. The van der Waals surface area contributed by atoms with Crippen LogP contribution in [-0.4, -0.2) is 40.8 Å². The van der Waals surface area contributed by atoms with Gasteiger partial charge in [-0.15, -0.1) is 0 Å². The van der Waals surface area contributed by atoms with Gasteiger partial charge in [-0.3, -0.25) is 4.79 Å². The van der Waals surface area contributed by atoms with Crippen LogP contribution in [0.2, 0.25) is 0 Å². The lowest BCUT2D eigenvalue weighted by atomic mass is 9.89. The number of nitrogens with one attached hydrogen (secondary N) is 2. The first-order valence-corrected chi connectivity index (χ1v) is 7.44. The molecule has 2 saturated carbocycles. The number of hydrogen-bond acceptors (Lipinski definition) is 3. The normalized spacial score (nSPS) is 28.1. The van der Waals surface area contributed by atoms with Gasteiger partial charge in [0.1, 0.15) is 6.04 Å². The molecule has 2 aliphatic rings. The van der Waals surface area contributed by atoms with E-state index in [-0.39, 0.29) is 12.8 Å². The van der Waals surface area contributed by atoms with Crippen molar-refractivity contribution in [1.82, 2.24) is 10.6 Å². The number of amides is 2. The van der Waals surface area contributed by atoms with Gasteiger partial charge in [-0.2, -0.15) is 0 Å². The Bertz CT molecular complexity index is 426. The van der Waals surface area contributed by atoms with E-state index in [2.05, 4.69) is 10.6 Å². The Morgan fingerprint density at radius 2 is 1.90 bits per heavy atom. The van der Waals surface area contributed by atoms with Crippen LogP contribution in [0.15, 0.2) is 0 Å². The molecule has 4 N–H and O–H groups in total. The van der Waals surface area contributed by atoms with Crippen molar-refractivity contribution in [2.24, 2.45) is 17.8 Å². The molecule has 0 aromatic carbocycles. The molecular weight excluding hydrogens is 276 g/mol. The summed E-state index contributed by atoms with van der Waals surface area (Å²) in [6, 6.07) is -1.70. The Morgan fingerprint density at radius 3 is 2.43 bits per heavy atom. The molecule has 0 heterocycles. The lowest BCUT2D eigenvalue weighted by molar-refractivity contribution is -0.140. The molecule has 3 unspecified atom stereocenters. The van der Waals surface area contributed by atoms with E-state index in [1.807, 2.05) is 0 Å². The summed E-state index contributed by atoms with van der Waals surface area (Å²) in [6.45, 7) is 0.568. The summed E-state index contributed by atoms with van der Waals surface area (Å²) in [5, 5.41) is 22.6. The molecular formula is C14H22N2O5. The Hall–Kier alpha value is -1.79. The number of carbonyl (C=O) groups excluding carboxylic acids is 1. The molecule has 2 aliphatic carbocycles. The van der Waals surface area contributed by atoms with Crippen LogP contribution in [0.4, 0.5) is 4.79 Å². The van der Waals surface area contributed by atoms with Crippen LogP contribution in [0.5, 0.6) is 0 Å². The van der Waals surface area contributed by atoms with Gasteiger partial charge < -0.3 is 20.8 Å². The summed E-state index contributed by atoms with van der Waals surface area (Å²) < 4.78 is 0. The molecule has 2 fully saturated rings. The van der Waals surface area contributed by atoms with Crippen molar-refractivity contribution < 1.29 is 24.6 Å². The second-order valence-electron chi connectivity index (χ2n) is 6.11. The van der Waals surface area contributed by atoms with Gasteiger partial charge in [-0.1, -0.05) is 6.42 Å². The molecule has 0 saturated heterocycles. The van der Waals surface area contributed by atoms with Gasteiger partial charge in [0, 0.05) is 13.0 Å². The Kier molecular flexibility index (Phi) is 5.03. The van der Waals surface area contributed by atoms with Crippen LogP contribution in [0, 0.1) is 17.8 Å². The Labute approximate surface area is 123 Å². The highest BCUT2D eigenvalue weighted by molar-refractivity contribution is 5.83. The topological polar surface area (TPSA) is 116 Å². The predicted octanol–water partition coefficient (Wildman–Crippen LogP) is 1.04. The molecule has 7 heteroatoms. The van der Waals surface area contributed by atoms with Gasteiger partial charge in [0.25, 0.3) is 0 Å². The molecule has 4 atom stereocenters. The minimum atomic E-state index is -1.22. The molecule has 0 radical (unpaired) electrons. The highest BCUT2D eigenvalue weighted by atomic mass is 16.4. The fourth-order valence-electron chi connectivity index (χ4n) is 3.58. The third-order valence-electron chi connectivity index (χ3n) is 4.66. The summed E-state index contributed by atoms with van der Waals surface area (Å²) in [4.78, 5) is 33.2. The van der Waals surface area contributed by atoms with Crippen LogP contribution in [-0.2, 0) is 9.59 Å². The first-order chi connectivity index (χ1) is 9.95. The third-order valence-corrected chi connectivity index (χ3v) is 4.66. The molecule has 0 aromatic rings. The maximum atomic E-state index is 11.7. The average Bonchev–Trinajstić information content (AvgIpc) is 3.02. The van der Waals surface area contributed by atoms with E-state index >= 15 is 0 Å². The molecule has 2 amide bonds. The van der Waals surface area contributed by atoms with Gasteiger partial charge in [-0.05, 0) is 43.4 Å². The standard InChI is InChI=1S/C14H22N2O5/c17-12(18)4-3-11(13(19)20)16-14(21)15-7-10-6-8-1-2-9(10)5-8/h8-11H,1-7H2,(H,17,18)(H,19,20)(H2,15,16,21)/t8?,9?,10?,11-/m0/s1. The second kappa shape index (κ2) is 6.78. The molecule has 0 aliphatic heterocycles. The van der Waals surface area contributed by atoms with Crippen molar-refractivity contribution in [2.45, 2.75) is 44.6 Å².